The molecule has 0 spiro atoms. The van der Waals surface area contributed by atoms with Crippen molar-refractivity contribution in [2.45, 2.75) is 44.6 Å². The summed E-state index contributed by atoms with van der Waals surface area (Å²) in [7, 11) is 0. The third kappa shape index (κ3) is 4.60. The van der Waals surface area contributed by atoms with Crippen molar-refractivity contribution in [2.75, 3.05) is 5.32 Å². The largest absolute Gasteiger partial charge is 0.459 e. The Bertz CT molecular complexity index is 540. The second-order valence-corrected chi connectivity index (χ2v) is 5.13. The summed E-state index contributed by atoms with van der Waals surface area (Å²) in [6.45, 7) is 0. The number of ether oxygens (including phenoxy) is 1. The molecule has 1 aliphatic rings. The number of nitrogens with one attached hydrogen (secondary N) is 1. The van der Waals surface area contributed by atoms with Crippen LogP contribution in [-0.2, 0) is 9.53 Å². The summed E-state index contributed by atoms with van der Waals surface area (Å²) in [6, 6.07) is 8.28. The van der Waals surface area contributed by atoms with Crippen LogP contribution in [0.4, 0.5) is 5.69 Å². The van der Waals surface area contributed by atoms with Gasteiger partial charge < -0.3 is 10.1 Å². The van der Waals surface area contributed by atoms with E-state index in [2.05, 4.69) is 5.32 Å². The number of hydrogen-bond acceptors (Lipinski definition) is 4. The summed E-state index contributed by atoms with van der Waals surface area (Å²) in [4.78, 5) is 23.3. The van der Waals surface area contributed by atoms with E-state index in [1.165, 1.54) is 6.42 Å². The summed E-state index contributed by atoms with van der Waals surface area (Å²) in [5, 5.41) is 11.0. The summed E-state index contributed by atoms with van der Waals surface area (Å²) < 4.78 is 5.47. The molecule has 1 aromatic rings. The lowest BCUT2D eigenvalue weighted by Crippen LogP contribution is -2.20. The van der Waals surface area contributed by atoms with Gasteiger partial charge in [-0.2, -0.15) is 5.26 Å². The van der Waals surface area contributed by atoms with Crippen molar-refractivity contribution in [3.63, 3.8) is 0 Å². The van der Waals surface area contributed by atoms with E-state index in [-0.39, 0.29) is 24.4 Å². The number of nitriles is 1. The van der Waals surface area contributed by atoms with E-state index in [1.54, 1.807) is 30.3 Å². The Kier molecular flexibility index (Phi) is 5.33. The van der Waals surface area contributed by atoms with Crippen molar-refractivity contribution in [3.05, 3.63) is 29.8 Å². The molecule has 0 heterocycles. The van der Waals surface area contributed by atoms with Crippen LogP contribution in [0.5, 0.6) is 0 Å². The van der Waals surface area contributed by atoms with E-state index in [0.29, 0.717) is 11.3 Å². The summed E-state index contributed by atoms with van der Waals surface area (Å²) in [5.74, 6) is -0.688. The zero-order chi connectivity index (χ0) is 15.1. The van der Waals surface area contributed by atoms with Crippen molar-refractivity contribution >= 4 is 17.6 Å². The van der Waals surface area contributed by atoms with Crippen LogP contribution in [0.25, 0.3) is 0 Å². The third-order valence-corrected chi connectivity index (χ3v) is 3.47. The predicted octanol–water partition coefficient (Wildman–Crippen LogP) is 3.03. The van der Waals surface area contributed by atoms with Crippen LogP contribution in [-0.4, -0.2) is 18.0 Å². The standard InChI is InChI=1S/C16H18N2O3/c17-11-10-15(19)18-13-8-6-12(7-9-13)16(20)21-14-4-2-1-3-5-14/h6-9,14H,1-5,10H2,(H,18,19). The van der Waals surface area contributed by atoms with Gasteiger partial charge in [-0.3, -0.25) is 4.79 Å². The lowest BCUT2D eigenvalue weighted by Gasteiger charge is -2.21. The second kappa shape index (κ2) is 7.44. The number of esters is 1. The number of hydrogen-bond donors (Lipinski definition) is 1. The highest BCUT2D eigenvalue weighted by molar-refractivity contribution is 5.93. The smallest absolute Gasteiger partial charge is 0.338 e. The molecule has 5 nitrogen and oxygen atoms in total. The lowest BCUT2D eigenvalue weighted by molar-refractivity contribution is -0.115. The van der Waals surface area contributed by atoms with Gasteiger partial charge in [0.1, 0.15) is 12.5 Å². The SMILES string of the molecule is N#CCC(=O)Nc1ccc(C(=O)OC2CCCCC2)cc1. The van der Waals surface area contributed by atoms with Crippen LogP contribution >= 0.6 is 0 Å². The van der Waals surface area contributed by atoms with Crippen LogP contribution in [0.1, 0.15) is 48.9 Å². The molecular formula is C16H18N2O3. The first-order valence-corrected chi connectivity index (χ1v) is 7.17. The van der Waals surface area contributed by atoms with Gasteiger partial charge in [-0.05, 0) is 49.9 Å². The monoisotopic (exact) mass is 286 g/mol. The highest BCUT2D eigenvalue weighted by Crippen LogP contribution is 2.21. The normalized spacial score (nSPS) is 15.0. The predicted molar refractivity (Wildman–Crippen MR) is 77.6 cm³/mol. The fourth-order valence-electron chi connectivity index (χ4n) is 2.37. The first-order valence-electron chi connectivity index (χ1n) is 7.17. The quantitative estimate of drug-likeness (QED) is 0.863. The van der Waals surface area contributed by atoms with E-state index in [1.807, 2.05) is 0 Å². The maximum Gasteiger partial charge on any atom is 0.338 e. The Labute approximate surface area is 123 Å². The molecule has 5 heteroatoms. The molecule has 0 aliphatic heterocycles. The summed E-state index contributed by atoms with van der Waals surface area (Å²) in [5.41, 5.74) is 1.03. The maximum atomic E-state index is 12.0. The van der Waals surface area contributed by atoms with Crippen LogP contribution < -0.4 is 5.32 Å². The molecule has 0 bridgehead atoms. The maximum absolute atomic E-state index is 12.0. The fraction of sp³-hybridized carbons (Fsp3) is 0.438. The third-order valence-electron chi connectivity index (χ3n) is 3.47. The zero-order valence-electron chi connectivity index (χ0n) is 11.8. The second-order valence-electron chi connectivity index (χ2n) is 5.13. The molecule has 1 aromatic carbocycles. The van der Waals surface area contributed by atoms with Gasteiger partial charge in [0, 0.05) is 5.69 Å². The van der Waals surface area contributed by atoms with E-state index in [9.17, 15) is 9.59 Å². The molecule has 110 valence electrons. The first-order chi connectivity index (χ1) is 10.2. The molecule has 21 heavy (non-hydrogen) atoms. The Hall–Kier alpha value is -2.35. The molecule has 1 amide bonds. The minimum absolute atomic E-state index is 0.0289. The van der Waals surface area contributed by atoms with Crippen molar-refractivity contribution < 1.29 is 14.3 Å². The number of anilines is 1. The van der Waals surface area contributed by atoms with E-state index in [0.717, 1.165) is 25.7 Å². The molecular weight excluding hydrogens is 268 g/mol. The van der Waals surface area contributed by atoms with Crippen LogP contribution in [0, 0.1) is 11.3 Å². The Morgan fingerprint density at radius 2 is 1.86 bits per heavy atom. The van der Waals surface area contributed by atoms with Gasteiger partial charge in [-0.15, -0.1) is 0 Å². The number of amides is 1. The molecule has 0 saturated heterocycles. The number of benzene rings is 1. The van der Waals surface area contributed by atoms with E-state index >= 15 is 0 Å². The molecule has 1 N–H and O–H groups in total. The first kappa shape index (κ1) is 15.0. The van der Waals surface area contributed by atoms with Crippen molar-refractivity contribution in [2.24, 2.45) is 0 Å². The van der Waals surface area contributed by atoms with Crippen molar-refractivity contribution in [3.8, 4) is 6.07 Å². The molecule has 0 atom stereocenters. The van der Waals surface area contributed by atoms with Gasteiger partial charge in [0.05, 0.1) is 11.6 Å². The van der Waals surface area contributed by atoms with Crippen LogP contribution in [0.15, 0.2) is 24.3 Å². The van der Waals surface area contributed by atoms with Gasteiger partial charge in [0.15, 0.2) is 0 Å². The Morgan fingerprint density at radius 3 is 2.48 bits per heavy atom. The molecule has 1 saturated carbocycles. The van der Waals surface area contributed by atoms with E-state index in [4.69, 9.17) is 10.00 Å². The molecule has 0 unspecified atom stereocenters. The minimum Gasteiger partial charge on any atom is -0.459 e. The number of rotatable bonds is 4. The van der Waals surface area contributed by atoms with Gasteiger partial charge >= 0.3 is 5.97 Å². The number of carbonyl (C=O) groups is 2. The van der Waals surface area contributed by atoms with Crippen LogP contribution in [0.3, 0.4) is 0 Å². The van der Waals surface area contributed by atoms with Crippen molar-refractivity contribution in [1.29, 1.82) is 5.26 Å². The topological polar surface area (TPSA) is 79.2 Å². The van der Waals surface area contributed by atoms with Gasteiger partial charge in [0.25, 0.3) is 0 Å². The van der Waals surface area contributed by atoms with Crippen molar-refractivity contribution in [1.82, 2.24) is 0 Å². The summed E-state index contributed by atoms with van der Waals surface area (Å²) >= 11 is 0. The molecule has 1 aliphatic carbocycles. The van der Waals surface area contributed by atoms with Crippen LogP contribution in [0.2, 0.25) is 0 Å². The average Bonchev–Trinajstić information content (AvgIpc) is 2.49. The molecule has 0 radical (unpaired) electrons. The zero-order valence-corrected chi connectivity index (χ0v) is 11.8. The Morgan fingerprint density at radius 1 is 1.19 bits per heavy atom. The molecule has 1 fully saturated rings. The van der Waals surface area contributed by atoms with Gasteiger partial charge in [-0.1, -0.05) is 6.42 Å². The molecule has 0 aromatic heterocycles. The molecule has 2 rings (SSSR count). The highest BCUT2D eigenvalue weighted by Gasteiger charge is 2.18. The number of nitrogens with zero attached hydrogens (tertiary/aromatic N) is 1. The minimum atomic E-state index is -0.366. The van der Waals surface area contributed by atoms with Gasteiger partial charge in [-0.25, -0.2) is 4.79 Å². The summed E-state index contributed by atoms with van der Waals surface area (Å²) in [6.07, 6.45) is 5.16. The lowest BCUT2D eigenvalue weighted by atomic mass is 9.98. The number of carbonyl (C=O) groups excluding carboxylic acids is 2. The average molecular weight is 286 g/mol. The Balaban J connectivity index is 1.90. The van der Waals surface area contributed by atoms with Gasteiger partial charge in [0.2, 0.25) is 5.91 Å². The fourth-order valence-corrected chi connectivity index (χ4v) is 2.37. The van der Waals surface area contributed by atoms with E-state index < -0.39 is 0 Å². The highest BCUT2D eigenvalue weighted by atomic mass is 16.5.